The maximum Gasteiger partial charge on any atom is 0.265 e. The Morgan fingerprint density at radius 1 is 1.21 bits per heavy atom. The Kier molecular flexibility index (Phi) is 3.00. The molecule has 5 heteroatoms. The van der Waals surface area contributed by atoms with E-state index in [4.69, 9.17) is 10.5 Å². The van der Waals surface area contributed by atoms with E-state index in [0.29, 0.717) is 11.4 Å². The number of primary amides is 1. The molecule has 24 heavy (non-hydrogen) atoms. The molecule has 1 aliphatic rings. The largest absolute Gasteiger partial charge is 0.481 e. The lowest BCUT2D eigenvalue weighted by atomic mass is 9.86. The van der Waals surface area contributed by atoms with Crippen LogP contribution in [0.5, 0.6) is 5.75 Å². The number of ether oxygens (including phenoxy) is 1. The Balaban J connectivity index is 2.10. The second-order valence-electron chi connectivity index (χ2n) is 6.34. The fourth-order valence-corrected chi connectivity index (χ4v) is 3.38. The lowest BCUT2D eigenvalue weighted by Crippen LogP contribution is -2.29. The van der Waals surface area contributed by atoms with Gasteiger partial charge >= 0.3 is 0 Å². The van der Waals surface area contributed by atoms with Gasteiger partial charge in [-0.2, -0.15) is 0 Å². The van der Waals surface area contributed by atoms with Crippen molar-refractivity contribution in [1.29, 1.82) is 0 Å². The fraction of sp³-hybridized carbons (Fsp3) is 0.158. The zero-order valence-corrected chi connectivity index (χ0v) is 13.5. The Labute approximate surface area is 139 Å². The zero-order valence-electron chi connectivity index (χ0n) is 13.5. The van der Waals surface area contributed by atoms with E-state index in [1.54, 1.807) is 12.4 Å². The van der Waals surface area contributed by atoms with Crippen LogP contribution in [0.15, 0.2) is 48.8 Å². The van der Waals surface area contributed by atoms with E-state index in [9.17, 15) is 4.79 Å². The minimum Gasteiger partial charge on any atom is -0.481 e. The molecule has 3 N–H and O–H groups in total. The summed E-state index contributed by atoms with van der Waals surface area (Å²) >= 11 is 0. The molecule has 5 nitrogen and oxygen atoms in total. The van der Waals surface area contributed by atoms with Crippen molar-refractivity contribution in [3.63, 3.8) is 0 Å². The predicted molar refractivity (Wildman–Crippen MR) is 91.6 cm³/mol. The number of aromatic amines is 1. The first kappa shape index (κ1) is 14.5. The number of carbonyl (C=O) groups excluding carboxylic acids is 1. The zero-order chi connectivity index (χ0) is 16.9. The Morgan fingerprint density at radius 3 is 2.67 bits per heavy atom. The molecule has 1 aromatic carbocycles. The molecule has 0 spiro atoms. The molecule has 1 aliphatic heterocycles. The summed E-state index contributed by atoms with van der Waals surface area (Å²) in [5.41, 5.74) is 9.81. The Hall–Kier alpha value is -3.08. The van der Waals surface area contributed by atoms with Crippen LogP contribution >= 0.6 is 0 Å². The average Bonchev–Trinajstić information content (AvgIpc) is 2.97. The highest BCUT2D eigenvalue weighted by molar-refractivity contribution is 6.02. The van der Waals surface area contributed by atoms with Crippen molar-refractivity contribution in [2.24, 2.45) is 5.73 Å². The number of carbonyl (C=O) groups is 1. The molecule has 3 heterocycles. The van der Waals surface area contributed by atoms with Crippen molar-refractivity contribution >= 4 is 5.91 Å². The molecule has 0 aliphatic carbocycles. The quantitative estimate of drug-likeness (QED) is 0.759. The lowest BCUT2D eigenvalue weighted by molar-refractivity contribution is 0.0996. The van der Waals surface area contributed by atoms with E-state index in [1.165, 1.54) is 0 Å². The third kappa shape index (κ3) is 2.01. The first-order valence-electron chi connectivity index (χ1n) is 7.74. The van der Waals surface area contributed by atoms with Gasteiger partial charge in [0.2, 0.25) is 0 Å². The number of rotatable bonds is 2. The van der Waals surface area contributed by atoms with Gasteiger partial charge in [-0.25, -0.2) is 0 Å². The topological polar surface area (TPSA) is 81.0 Å². The van der Waals surface area contributed by atoms with Crippen molar-refractivity contribution in [3.05, 3.63) is 60.0 Å². The average molecular weight is 319 g/mol. The SMILES string of the molecule is CC1(C)Oc2cnccc2-c2[nH]c(C(N)=O)c(-c3ccccc3)c21. The number of hydrogen-bond donors (Lipinski definition) is 2. The summed E-state index contributed by atoms with van der Waals surface area (Å²) in [6.07, 6.45) is 3.39. The van der Waals surface area contributed by atoms with Gasteiger partial charge in [0.25, 0.3) is 5.91 Å². The third-order valence-corrected chi connectivity index (χ3v) is 4.33. The molecule has 1 amide bonds. The van der Waals surface area contributed by atoms with Crippen LogP contribution in [0.25, 0.3) is 22.4 Å². The molecule has 0 atom stereocenters. The van der Waals surface area contributed by atoms with Gasteiger partial charge < -0.3 is 15.5 Å². The molecule has 120 valence electrons. The maximum absolute atomic E-state index is 12.1. The van der Waals surface area contributed by atoms with Gasteiger partial charge in [0, 0.05) is 22.9 Å². The van der Waals surface area contributed by atoms with Gasteiger partial charge in [-0.15, -0.1) is 0 Å². The van der Waals surface area contributed by atoms with Crippen LogP contribution in [0.2, 0.25) is 0 Å². The van der Waals surface area contributed by atoms with E-state index >= 15 is 0 Å². The van der Waals surface area contributed by atoms with Crippen molar-refractivity contribution in [2.75, 3.05) is 0 Å². The van der Waals surface area contributed by atoms with Crippen molar-refractivity contribution in [3.8, 4) is 28.1 Å². The second kappa shape index (κ2) is 4.96. The van der Waals surface area contributed by atoms with Gasteiger partial charge in [0.1, 0.15) is 17.0 Å². The van der Waals surface area contributed by atoms with Crippen molar-refractivity contribution in [2.45, 2.75) is 19.4 Å². The van der Waals surface area contributed by atoms with Crippen molar-refractivity contribution < 1.29 is 9.53 Å². The second-order valence-corrected chi connectivity index (χ2v) is 6.34. The molecule has 3 aromatic rings. The molecule has 4 rings (SSSR count). The molecule has 0 saturated heterocycles. The lowest BCUT2D eigenvalue weighted by Gasteiger charge is -2.33. The number of nitrogens with zero attached hydrogens (tertiary/aromatic N) is 1. The number of nitrogens with one attached hydrogen (secondary N) is 1. The van der Waals surface area contributed by atoms with Gasteiger partial charge in [0.15, 0.2) is 0 Å². The molecule has 0 saturated carbocycles. The molecule has 0 unspecified atom stereocenters. The molecular formula is C19H17N3O2. The number of amides is 1. The molecule has 2 aromatic heterocycles. The van der Waals surface area contributed by atoms with Crippen LogP contribution in [0, 0.1) is 0 Å². The predicted octanol–water partition coefficient (Wildman–Crippen LogP) is 3.47. The summed E-state index contributed by atoms with van der Waals surface area (Å²) in [4.78, 5) is 19.4. The van der Waals surface area contributed by atoms with Crippen LogP contribution in [0.4, 0.5) is 0 Å². The molecule has 0 radical (unpaired) electrons. The number of hydrogen-bond acceptors (Lipinski definition) is 3. The molecule has 0 bridgehead atoms. The number of fused-ring (bicyclic) bond motifs is 3. The number of pyridine rings is 1. The highest BCUT2D eigenvalue weighted by Gasteiger charge is 2.39. The van der Waals surface area contributed by atoms with E-state index in [-0.39, 0.29) is 0 Å². The number of nitrogens with two attached hydrogens (primary N) is 1. The highest BCUT2D eigenvalue weighted by atomic mass is 16.5. The number of H-pyrrole nitrogens is 1. The minimum absolute atomic E-state index is 0.396. The monoisotopic (exact) mass is 319 g/mol. The standard InChI is InChI=1S/C19H17N3O2/c1-19(2)15-14(11-6-4-3-5-7-11)17(18(20)23)22-16(15)12-8-9-21-10-13(12)24-19/h3-10,22H,1-2H3,(H2,20,23). The van der Waals surface area contributed by atoms with Gasteiger partial charge in [-0.05, 0) is 25.5 Å². The first-order valence-corrected chi connectivity index (χ1v) is 7.74. The van der Waals surface area contributed by atoms with Gasteiger partial charge in [-0.1, -0.05) is 30.3 Å². The summed E-state index contributed by atoms with van der Waals surface area (Å²) in [5, 5.41) is 0. The van der Waals surface area contributed by atoms with Crippen LogP contribution in [0.3, 0.4) is 0 Å². The summed E-state index contributed by atoms with van der Waals surface area (Å²) < 4.78 is 6.17. The highest BCUT2D eigenvalue weighted by Crippen LogP contribution is 2.49. The normalized spacial score (nSPS) is 14.4. The van der Waals surface area contributed by atoms with Crippen molar-refractivity contribution in [1.82, 2.24) is 9.97 Å². The summed E-state index contributed by atoms with van der Waals surface area (Å²) in [6, 6.07) is 11.6. The number of benzene rings is 1. The maximum atomic E-state index is 12.1. The van der Waals surface area contributed by atoms with E-state index < -0.39 is 11.5 Å². The molecular weight excluding hydrogens is 302 g/mol. The summed E-state index contributed by atoms with van der Waals surface area (Å²) in [7, 11) is 0. The van der Waals surface area contributed by atoms with Crippen LogP contribution in [-0.4, -0.2) is 15.9 Å². The first-order chi connectivity index (χ1) is 11.5. The third-order valence-electron chi connectivity index (χ3n) is 4.33. The minimum atomic E-state index is -0.624. The van der Waals surface area contributed by atoms with Gasteiger partial charge in [0.05, 0.1) is 11.9 Å². The van der Waals surface area contributed by atoms with Crippen LogP contribution in [-0.2, 0) is 5.60 Å². The van der Waals surface area contributed by atoms with Crippen LogP contribution in [0.1, 0.15) is 29.9 Å². The summed E-state index contributed by atoms with van der Waals surface area (Å²) in [6.45, 7) is 3.96. The van der Waals surface area contributed by atoms with E-state index in [1.807, 2.05) is 50.2 Å². The van der Waals surface area contributed by atoms with Crippen LogP contribution < -0.4 is 10.5 Å². The number of aromatic nitrogens is 2. The smallest absolute Gasteiger partial charge is 0.265 e. The van der Waals surface area contributed by atoms with Gasteiger partial charge in [-0.3, -0.25) is 9.78 Å². The van der Waals surface area contributed by atoms with E-state index in [2.05, 4.69) is 9.97 Å². The fourth-order valence-electron chi connectivity index (χ4n) is 3.38. The molecule has 0 fully saturated rings. The summed E-state index contributed by atoms with van der Waals surface area (Å²) in [5.74, 6) is 0.196. The van der Waals surface area contributed by atoms with E-state index in [0.717, 1.165) is 27.9 Å². The Bertz CT molecular complexity index is 943. The Morgan fingerprint density at radius 2 is 1.96 bits per heavy atom.